The van der Waals surface area contributed by atoms with Crippen molar-refractivity contribution in [3.63, 3.8) is 0 Å². The first-order chi connectivity index (χ1) is 6.41. The Morgan fingerprint density at radius 1 is 1.36 bits per heavy atom. The predicted molar refractivity (Wildman–Crippen MR) is 59.8 cm³/mol. The lowest BCUT2D eigenvalue weighted by atomic mass is 10.2. The highest BCUT2D eigenvalue weighted by Crippen LogP contribution is 1.97. The highest BCUT2D eigenvalue weighted by molar-refractivity contribution is 7.91. The minimum atomic E-state index is -2.89. The molecule has 0 aromatic rings. The van der Waals surface area contributed by atoms with E-state index in [1.807, 2.05) is 13.8 Å². The van der Waals surface area contributed by atoms with Gasteiger partial charge in [-0.15, -0.1) is 12.3 Å². The van der Waals surface area contributed by atoms with E-state index in [4.69, 9.17) is 6.42 Å². The molecule has 0 heterocycles. The van der Waals surface area contributed by atoms with Gasteiger partial charge in [0.2, 0.25) is 0 Å². The van der Waals surface area contributed by atoms with Gasteiger partial charge in [-0.05, 0) is 13.8 Å². The molecule has 2 unspecified atom stereocenters. The Bertz CT molecular complexity index is 290. The molecule has 0 bridgehead atoms. The molecule has 0 amide bonds. The van der Waals surface area contributed by atoms with Gasteiger partial charge in [-0.1, -0.05) is 6.92 Å². The molecule has 0 aliphatic carbocycles. The molecule has 3 nitrogen and oxygen atoms in total. The number of sulfone groups is 1. The van der Waals surface area contributed by atoms with E-state index in [1.165, 1.54) is 0 Å². The molecule has 0 rings (SSSR count). The van der Waals surface area contributed by atoms with E-state index in [0.717, 1.165) is 0 Å². The Balaban J connectivity index is 4.00. The lowest BCUT2D eigenvalue weighted by Crippen LogP contribution is -2.39. The van der Waals surface area contributed by atoms with Crippen LogP contribution in [0.3, 0.4) is 0 Å². The van der Waals surface area contributed by atoms with Crippen LogP contribution in [0.2, 0.25) is 0 Å². The predicted octanol–water partition coefficient (Wildman–Crippen LogP) is 0.811. The van der Waals surface area contributed by atoms with Crippen LogP contribution in [0.25, 0.3) is 0 Å². The van der Waals surface area contributed by atoms with E-state index in [2.05, 4.69) is 11.2 Å². The van der Waals surface area contributed by atoms with Gasteiger partial charge >= 0.3 is 0 Å². The van der Waals surface area contributed by atoms with Gasteiger partial charge in [0.15, 0.2) is 9.84 Å². The van der Waals surface area contributed by atoms with Crippen LogP contribution >= 0.6 is 0 Å². The van der Waals surface area contributed by atoms with Gasteiger partial charge in [0, 0.05) is 24.3 Å². The van der Waals surface area contributed by atoms with Crippen molar-refractivity contribution in [1.82, 2.24) is 5.32 Å². The van der Waals surface area contributed by atoms with Gasteiger partial charge in [-0.25, -0.2) is 8.42 Å². The maximum absolute atomic E-state index is 11.3. The monoisotopic (exact) mass is 217 g/mol. The van der Waals surface area contributed by atoms with Crippen molar-refractivity contribution < 1.29 is 8.42 Å². The number of hydrogen-bond donors (Lipinski definition) is 1. The summed E-state index contributed by atoms with van der Waals surface area (Å²) in [6.45, 7) is 5.47. The Morgan fingerprint density at radius 3 is 2.36 bits per heavy atom. The molecular formula is C10H19NO2S. The molecule has 0 aliphatic heterocycles. The molecule has 0 spiro atoms. The van der Waals surface area contributed by atoms with Crippen LogP contribution in [0.4, 0.5) is 0 Å². The summed E-state index contributed by atoms with van der Waals surface area (Å²) in [5.74, 6) is 2.91. The fourth-order valence-electron chi connectivity index (χ4n) is 1.27. The number of hydrogen-bond acceptors (Lipinski definition) is 3. The van der Waals surface area contributed by atoms with Crippen LogP contribution < -0.4 is 5.32 Å². The van der Waals surface area contributed by atoms with Crippen LogP contribution in [-0.4, -0.2) is 32.0 Å². The Hall–Kier alpha value is -0.530. The lowest BCUT2D eigenvalue weighted by Gasteiger charge is -2.17. The fourth-order valence-corrected chi connectivity index (χ4v) is 2.36. The average Bonchev–Trinajstić information content (AvgIpc) is 2.03. The maximum atomic E-state index is 11.3. The smallest absolute Gasteiger partial charge is 0.151 e. The zero-order chi connectivity index (χ0) is 11.2. The summed E-state index contributed by atoms with van der Waals surface area (Å²) in [6, 6.07) is 0.130. The van der Waals surface area contributed by atoms with Crippen molar-refractivity contribution in [2.24, 2.45) is 0 Å². The van der Waals surface area contributed by atoms with E-state index in [-0.39, 0.29) is 23.6 Å². The molecule has 0 aromatic carbocycles. The van der Waals surface area contributed by atoms with Crippen molar-refractivity contribution in [3.8, 4) is 12.3 Å². The van der Waals surface area contributed by atoms with E-state index < -0.39 is 9.84 Å². The summed E-state index contributed by atoms with van der Waals surface area (Å²) in [6.07, 6.45) is 5.77. The van der Waals surface area contributed by atoms with E-state index in [9.17, 15) is 8.42 Å². The van der Waals surface area contributed by atoms with Crippen LogP contribution in [0.1, 0.15) is 27.2 Å². The summed E-state index contributed by atoms with van der Waals surface area (Å²) in [7, 11) is -2.89. The van der Waals surface area contributed by atoms with Crippen LogP contribution in [-0.2, 0) is 9.84 Å². The van der Waals surface area contributed by atoms with Crippen molar-refractivity contribution in [3.05, 3.63) is 0 Å². The van der Waals surface area contributed by atoms with Crippen LogP contribution in [0, 0.1) is 12.3 Å². The average molecular weight is 217 g/mol. The van der Waals surface area contributed by atoms with Crippen LogP contribution in [0.5, 0.6) is 0 Å². The van der Waals surface area contributed by atoms with Gasteiger partial charge in [-0.2, -0.15) is 0 Å². The Labute approximate surface area is 87.2 Å². The fraction of sp³-hybridized carbons (Fsp3) is 0.800. The molecule has 0 saturated heterocycles. The van der Waals surface area contributed by atoms with Gasteiger partial charge in [0.05, 0.1) is 5.75 Å². The molecule has 0 radical (unpaired) electrons. The first kappa shape index (κ1) is 13.5. The molecule has 14 heavy (non-hydrogen) atoms. The van der Waals surface area contributed by atoms with Gasteiger partial charge in [-0.3, -0.25) is 0 Å². The highest BCUT2D eigenvalue weighted by Gasteiger charge is 2.14. The first-order valence-corrected chi connectivity index (χ1v) is 6.63. The second-order valence-electron chi connectivity index (χ2n) is 3.58. The summed E-state index contributed by atoms with van der Waals surface area (Å²) in [4.78, 5) is 0. The summed E-state index contributed by atoms with van der Waals surface area (Å²) >= 11 is 0. The maximum Gasteiger partial charge on any atom is 0.151 e. The zero-order valence-electron chi connectivity index (χ0n) is 9.08. The van der Waals surface area contributed by atoms with Crippen molar-refractivity contribution in [2.45, 2.75) is 39.3 Å². The third kappa shape index (κ3) is 6.01. The molecule has 0 aromatic heterocycles. The molecule has 0 fully saturated rings. The second kappa shape index (κ2) is 6.05. The lowest BCUT2D eigenvalue weighted by molar-refractivity contribution is 0.492. The molecule has 82 valence electrons. The quantitative estimate of drug-likeness (QED) is 0.670. The standard InChI is InChI=1S/C10H19NO2S/c1-5-7-9(3)11-10(4)8-14(12,13)6-2/h1,9-11H,6-8H2,2-4H3. The molecule has 0 aliphatic rings. The molecule has 4 heteroatoms. The number of terminal acetylenes is 1. The minimum absolute atomic E-state index is 0.0386. The largest absolute Gasteiger partial charge is 0.310 e. The zero-order valence-corrected chi connectivity index (χ0v) is 9.89. The van der Waals surface area contributed by atoms with Gasteiger partial charge in [0.25, 0.3) is 0 Å². The Morgan fingerprint density at radius 2 is 1.93 bits per heavy atom. The Kier molecular flexibility index (Phi) is 5.82. The van der Waals surface area contributed by atoms with E-state index >= 15 is 0 Å². The summed E-state index contributed by atoms with van der Waals surface area (Å²) in [5.41, 5.74) is 0. The normalized spacial score (nSPS) is 15.9. The number of nitrogens with one attached hydrogen (secondary N) is 1. The van der Waals surface area contributed by atoms with Crippen molar-refractivity contribution >= 4 is 9.84 Å². The van der Waals surface area contributed by atoms with Gasteiger partial charge in [0.1, 0.15) is 0 Å². The minimum Gasteiger partial charge on any atom is -0.310 e. The van der Waals surface area contributed by atoms with Crippen molar-refractivity contribution in [2.75, 3.05) is 11.5 Å². The molecular weight excluding hydrogens is 198 g/mol. The first-order valence-electron chi connectivity index (χ1n) is 4.81. The second-order valence-corrected chi connectivity index (χ2v) is 5.97. The number of rotatable bonds is 6. The van der Waals surface area contributed by atoms with Crippen molar-refractivity contribution in [1.29, 1.82) is 0 Å². The molecule has 0 saturated carbocycles. The molecule has 1 N–H and O–H groups in total. The summed E-state index contributed by atoms with van der Waals surface area (Å²) in [5, 5.41) is 3.15. The van der Waals surface area contributed by atoms with E-state index in [0.29, 0.717) is 6.42 Å². The highest BCUT2D eigenvalue weighted by atomic mass is 32.2. The topological polar surface area (TPSA) is 46.2 Å². The third-order valence-electron chi connectivity index (χ3n) is 1.94. The van der Waals surface area contributed by atoms with Gasteiger partial charge < -0.3 is 5.32 Å². The third-order valence-corrected chi connectivity index (χ3v) is 3.82. The molecule has 2 atom stereocenters. The van der Waals surface area contributed by atoms with Crippen LogP contribution in [0.15, 0.2) is 0 Å². The van der Waals surface area contributed by atoms with E-state index in [1.54, 1.807) is 6.92 Å². The SMILES string of the molecule is C#CCC(C)NC(C)CS(=O)(=O)CC. The summed E-state index contributed by atoms with van der Waals surface area (Å²) < 4.78 is 22.5.